The molecule has 0 amide bonds. The molecule has 5 heteroatoms. The third-order valence-corrected chi connectivity index (χ3v) is 1.72. The van der Waals surface area contributed by atoms with Crippen LogP contribution in [0.2, 0.25) is 0 Å². The molecule has 1 atom stereocenters. The van der Waals surface area contributed by atoms with Gasteiger partial charge in [-0.15, -0.1) is 0 Å². The Balaban J connectivity index is 2.72. The van der Waals surface area contributed by atoms with Crippen LogP contribution in [0.4, 0.5) is 0 Å². The monoisotopic (exact) mass is 185 g/mol. The fourth-order valence-electron chi connectivity index (χ4n) is 1.12. The van der Waals surface area contributed by atoms with E-state index in [0.29, 0.717) is 24.5 Å². The molecule has 5 N–H and O–H groups in total. The van der Waals surface area contributed by atoms with Crippen molar-refractivity contribution in [2.75, 3.05) is 13.2 Å². The summed E-state index contributed by atoms with van der Waals surface area (Å²) in [4.78, 5) is 0. The molecule has 0 fully saturated rings. The van der Waals surface area contributed by atoms with Crippen molar-refractivity contribution in [2.45, 2.75) is 13.2 Å². The highest BCUT2D eigenvalue weighted by Gasteiger charge is 2.15. The van der Waals surface area contributed by atoms with E-state index in [1.165, 1.54) is 0 Å². The van der Waals surface area contributed by atoms with Gasteiger partial charge in [0.25, 0.3) is 0 Å². The van der Waals surface area contributed by atoms with Crippen LogP contribution in [0.15, 0.2) is 23.5 Å². The summed E-state index contributed by atoms with van der Waals surface area (Å²) in [7, 11) is 0. The maximum atomic E-state index is 9.51. The van der Waals surface area contributed by atoms with Gasteiger partial charge in [-0.1, -0.05) is 12.2 Å². The predicted molar refractivity (Wildman–Crippen MR) is 49.1 cm³/mol. The molecule has 0 aromatic rings. The lowest BCUT2D eigenvalue weighted by atomic mass is 10.2. The number of hydrogen-bond donors (Lipinski definition) is 4. The lowest BCUT2D eigenvalue weighted by Gasteiger charge is -2.20. The van der Waals surface area contributed by atoms with Crippen molar-refractivity contribution in [3.8, 4) is 0 Å². The standard InChI is InChI=1S/C8H15N3O2/c1-2-13-8(12)6-4-3-5-10-7(6)11-9/h3-4,8,10-12H,2,5,9H2,1H3. The van der Waals surface area contributed by atoms with Crippen LogP contribution in [0.3, 0.4) is 0 Å². The van der Waals surface area contributed by atoms with Gasteiger partial charge in [0.15, 0.2) is 6.29 Å². The molecule has 0 aliphatic carbocycles. The maximum Gasteiger partial charge on any atom is 0.184 e. The minimum Gasteiger partial charge on any atom is -0.367 e. The van der Waals surface area contributed by atoms with Gasteiger partial charge in [0.2, 0.25) is 0 Å². The van der Waals surface area contributed by atoms with Crippen molar-refractivity contribution < 1.29 is 9.84 Å². The van der Waals surface area contributed by atoms with Crippen molar-refractivity contribution in [3.05, 3.63) is 23.5 Å². The molecular weight excluding hydrogens is 170 g/mol. The van der Waals surface area contributed by atoms with Crippen molar-refractivity contribution in [1.82, 2.24) is 10.7 Å². The van der Waals surface area contributed by atoms with Crippen molar-refractivity contribution in [1.29, 1.82) is 0 Å². The molecule has 0 aromatic heterocycles. The largest absolute Gasteiger partial charge is 0.367 e. The number of ether oxygens (including phenoxy) is 1. The summed E-state index contributed by atoms with van der Waals surface area (Å²) in [6, 6.07) is 0. The summed E-state index contributed by atoms with van der Waals surface area (Å²) >= 11 is 0. The number of nitrogens with two attached hydrogens (primary N) is 1. The molecule has 13 heavy (non-hydrogen) atoms. The highest BCUT2D eigenvalue weighted by Crippen LogP contribution is 2.11. The number of dihydropyridines is 1. The zero-order chi connectivity index (χ0) is 9.68. The molecular formula is C8H15N3O2. The lowest BCUT2D eigenvalue weighted by molar-refractivity contribution is -0.0659. The van der Waals surface area contributed by atoms with E-state index in [9.17, 15) is 5.11 Å². The number of rotatable bonds is 4. The molecule has 0 spiro atoms. The topological polar surface area (TPSA) is 79.5 Å². The summed E-state index contributed by atoms with van der Waals surface area (Å²) in [6.07, 6.45) is 2.74. The minimum atomic E-state index is -0.930. The first-order valence-corrected chi connectivity index (χ1v) is 4.20. The average Bonchev–Trinajstić information content (AvgIpc) is 2.18. The number of aliphatic hydroxyl groups excluding tert-OH is 1. The van der Waals surface area contributed by atoms with E-state index in [0.717, 1.165) is 0 Å². The molecule has 74 valence electrons. The first-order valence-electron chi connectivity index (χ1n) is 4.20. The van der Waals surface area contributed by atoms with Gasteiger partial charge in [-0.3, -0.25) is 0 Å². The highest BCUT2D eigenvalue weighted by atomic mass is 16.6. The predicted octanol–water partition coefficient (Wildman–Crippen LogP) is -0.824. The summed E-state index contributed by atoms with van der Waals surface area (Å²) in [5.41, 5.74) is 3.09. The Morgan fingerprint density at radius 1 is 1.85 bits per heavy atom. The Kier molecular flexibility index (Phi) is 3.75. The molecule has 1 rings (SSSR count). The van der Waals surface area contributed by atoms with Crippen molar-refractivity contribution >= 4 is 0 Å². The normalized spacial score (nSPS) is 18.4. The molecule has 1 aliphatic rings. The first-order chi connectivity index (χ1) is 6.29. The third kappa shape index (κ3) is 2.45. The Morgan fingerprint density at radius 2 is 2.62 bits per heavy atom. The van der Waals surface area contributed by atoms with E-state index in [1.807, 2.05) is 13.0 Å². The number of aliphatic hydroxyl groups is 1. The lowest BCUT2D eigenvalue weighted by Crippen LogP contribution is -2.37. The Labute approximate surface area is 77.2 Å². The van der Waals surface area contributed by atoms with Crippen LogP contribution >= 0.6 is 0 Å². The van der Waals surface area contributed by atoms with Crippen LogP contribution in [0, 0.1) is 0 Å². The second kappa shape index (κ2) is 4.86. The van der Waals surface area contributed by atoms with Gasteiger partial charge in [0.05, 0.1) is 0 Å². The second-order valence-electron chi connectivity index (χ2n) is 2.57. The SMILES string of the molecule is CCOC(O)C1=C(NN)NCC=C1. The maximum absolute atomic E-state index is 9.51. The van der Waals surface area contributed by atoms with Crippen LogP contribution in [-0.2, 0) is 4.74 Å². The van der Waals surface area contributed by atoms with E-state index >= 15 is 0 Å². The summed E-state index contributed by atoms with van der Waals surface area (Å²) in [6.45, 7) is 2.97. The van der Waals surface area contributed by atoms with Crippen LogP contribution in [0.25, 0.3) is 0 Å². The number of hydrazine groups is 1. The molecule has 1 unspecified atom stereocenters. The molecule has 0 saturated heterocycles. The first kappa shape index (κ1) is 10.0. The summed E-state index contributed by atoms with van der Waals surface area (Å²) < 4.78 is 5.02. The van der Waals surface area contributed by atoms with Crippen LogP contribution < -0.4 is 16.6 Å². The Bertz CT molecular complexity index is 225. The summed E-state index contributed by atoms with van der Waals surface area (Å²) in [5.74, 6) is 5.86. The third-order valence-electron chi connectivity index (χ3n) is 1.72. The van der Waals surface area contributed by atoms with E-state index in [-0.39, 0.29) is 0 Å². The van der Waals surface area contributed by atoms with Crippen LogP contribution in [0.5, 0.6) is 0 Å². The van der Waals surface area contributed by atoms with E-state index in [1.54, 1.807) is 6.08 Å². The summed E-state index contributed by atoms with van der Waals surface area (Å²) in [5, 5.41) is 12.5. The van der Waals surface area contributed by atoms with Gasteiger partial charge in [0.1, 0.15) is 5.82 Å². The number of hydrogen-bond acceptors (Lipinski definition) is 5. The fraction of sp³-hybridized carbons (Fsp3) is 0.500. The van der Waals surface area contributed by atoms with E-state index in [2.05, 4.69) is 10.7 Å². The fourth-order valence-corrected chi connectivity index (χ4v) is 1.12. The molecule has 1 aliphatic heterocycles. The molecule has 5 nitrogen and oxygen atoms in total. The van der Waals surface area contributed by atoms with Gasteiger partial charge >= 0.3 is 0 Å². The second-order valence-corrected chi connectivity index (χ2v) is 2.57. The van der Waals surface area contributed by atoms with Gasteiger partial charge in [-0.05, 0) is 6.92 Å². The quantitative estimate of drug-likeness (QED) is 0.261. The molecule has 0 saturated carbocycles. The smallest absolute Gasteiger partial charge is 0.184 e. The zero-order valence-electron chi connectivity index (χ0n) is 7.58. The molecule has 0 radical (unpaired) electrons. The van der Waals surface area contributed by atoms with Crippen LogP contribution in [0.1, 0.15) is 6.92 Å². The average molecular weight is 185 g/mol. The van der Waals surface area contributed by atoms with Crippen LogP contribution in [-0.4, -0.2) is 24.5 Å². The van der Waals surface area contributed by atoms with Gasteiger partial charge < -0.3 is 20.6 Å². The van der Waals surface area contributed by atoms with Gasteiger partial charge in [-0.2, -0.15) is 0 Å². The zero-order valence-corrected chi connectivity index (χ0v) is 7.58. The van der Waals surface area contributed by atoms with Gasteiger partial charge in [0, 0.05) is 18.7 Å². The highest BCUT2D eigenvalue weighted by molar-refractivity contribution is 5.29. The van der Waals surface area contributed by atoms with Crippen molar-refractivity contribution in [2.24, 2.45) is 5.84 Å². The number of nitrogens with one attached hydrogen (secondary N) is 2. The molecule has 1 heterocycles. The van der Waals surface area contributed by atoms with E-state index < -0.39 is 6.29 Å². The Hall–Kier alpha value is -1.04. The van der Waals surface area contributed by atoms with E-state index in [4.69, 9.17) is 10.6 Å². The van der Waals surface area contributed by atoms with Gasteiger partial charge in [-0.25, -0.2) is 5.84 Å². The Morgan fingerprint density at radius 3 is 3.23 bits per heavy atom. The minimum absolute atomic E-state index is 0.455. The molecule has 0 aromatic carbocycles. The molecule has 0 bridgehead atoms. The van der Waals surface area contributed by atoms with Crippen molar-refractivity contribution in [3.63, 3.8) is 0 Å².